The summed E-state index contributed by atoms with van der Waals surface area (Å²) in [5.41, 5.74) is 0.719. The Morgan fingerprint density at radius 1 is 1.55 bits per heavy atom. The van der Waals surface area contributed by atoms with Crippen molar-refractivity contribution in [3.63, 3.8) is 0 Å². The minimum atomic E-state index is -0.781. The van der Waals surface area contributed by atoms with Crippen molar-refractivity contribution < 1.29 is 14.8 Å². The molecule has 0 saturated carbocycles. The molecule has 1 amide bonds. The van der Waals surface area contributed by atoms with E-state index in [9.17, 15) is 20.0 Å². The van der Waals surface area contributed by atoms with Crippen LogP contribution in [-0.2, 0) is 4.79 Å². The van der Waals surface area contributed by atoms with Gasteiger partial charge in [0.2, 0.25) is 5.91 Å². The van der Waals surface area contributed by atoms with Crippen LogP contribution in [-0.4, -0.2) is 36.1 Å². The largest absolute Gasteiger partial charge is 0.389 e. The van der Waals surface area contributed by atoms with E-state index in [1.54, 1.807) is 24.0 Å². The number of carbonyl (C=O) groups excluding carboxylic acids is 1. The summed E-state index contributed by atoms with van der Waals surface area (Å²) < 4.78 is 0. The van der Waals surface area contributed by atoms with Gasteiger partial charge in [-0.15, -0.1) is 0 Å². The van der Waals surface area contributed by atoms with Crippen molar-refractivity contribution in [3.8, 4) is 0 Å². The number of aliphatic hydroxyl groups excluding tert-OH is 1. The predicted molar refractivity (Wildman–Crippen MR) is 75.7 cm³/mol. The molecule has 0 bridgehead atoms. The molecule has 0 aromatic heterocycles. The van der Waals surface area contributed by atoms with Gasteiger partial charge in [-0.05, 0) is 25.5 Å². The minimum Gasteiger partial charge on any atom is -0.389 e. The van der Waals surface area contributed by atoms with E-state index in [-0.39, 0.29) is 18.1 Å². The van der Waals surface area contributed by atoms with Gasteiger partial charge in [-0.25, -0.2) is 0 Å². The molecule has 7 nitrogen and oxygen atoms in total. The number of anilines is 1. The molecule has 0 radical (unpaired) electrons. The molecular weight excluding hydrogens is 262 g/mol. The molecule has 0 spiro atoms. The number of carbonyl (C=O) groups is 1. The van der Waals surface area contributed by atoms with Gasteiger partial charge in [-0.2, -0.15) is 0 Å². The predicted octanol–water partition coefficient (Wildman–Crippen LogP) is 1.22. The summed E-state index contributed by atoms with van der Waals surface area (Å²) >= 11 is 0. The maximum Gasteiger partial charge on any atom is 0.292 e. The van der Waals surface area contributed by atoms with Gasteiger partial charge in [-0.3, -0.25) is 14.9 Å². The molecule has 1 atom stereocenters. The first kappa shape index (κ1) is 15.9. The molecule has 0 aliphatic carbocycles. The number of nitrogens with one attached hydrogen (secondary N) is 1. The van der Waals surface area contributed by atoms with E-state index >= 15 is 0 Å². The van der Waals surface area contributed by atoms with E-state index in [2.05, 4.69) is 5.32 Å². The second-order valence-electron chi connectivity index (χ2n) is 4.37. The first-order chi connectivity index (χ1) is 9.40. The Hall–Kier alpha value is -2.15. The number of rotatable bonds is 6. The number of hydrogen-bond acceptors (Lipinski definition) is 5. The molecule has 0 saturated heterocycles. The smallest absolute Gasteiger partial charge is 0.292 e. The highest BCUT2D eigenvalue weighted by atomic mass is 16.6. The number of amides is 1. The molecule has 2 N–H and O–H groups in total. The zero-order chi connectivity index (χ0) is 15.3. The molecule has 0 fully saturated rings. The third kappa shape index (κ3) is 3.67. The van der Waals surface area contributed by atoms with Crippen LogP contribution >= 0.6 is 0 Å². The number of hydrogen-bond donors (Lipinski definition) is 2. The molecule has 1 unspecified atom stereocenters. The van der Waals surface area contributed by atoms with Crippen molar-refractivity contribution in [2.24, 2.45) is 0 Å². The van der Waals surface area contributed by atoms with Crippen LogP contribution in [0.3, 0.4) is 0 Å². The lowest BCUT2D eigenvalue weighted by Crippen LogP contribution is -2.35. The Bertz CT molecular complexity index is 502. The van der Waals surface area contributed by atoms with Crippen LogP contribution in [0.1, 0.15) is 25.5 Å². The van der Waals surface area contributed by atoms with Gasteiger partial charge in [0.15, 0.2) is 0 Å². The molecule has 0 heterocycles. The lowest BCUT2D eigenvalue weighted by molar-refractivity contribution is -0.384. The number of nitrogens with zero attached hydrogens (tertiary/aromatic N) is 2. The molecule has 1 rings (SSSR count). The van der Waals surface area contributed by atoms with Gasteiger partial charge in [0.25, 0.3) is 5.69 Å². The van der Waals surface area contributed by atoms with Gasteiger partial charge in [0.1, 0.15) is 5.69 Å². The van der Waals surface area contributed by atoms with Gasteiger partial charge >= 0.3 is 0 Å². The highest BCUT2D eigenvalue weighted by molar-refractivity contribution is 5.82. The fraction of sp³-hybridized carbons (Fsp3) is 0.462. The quantitative estimate of drug-likeness (QED) is 0.603. The molecule has 110 valence electrons. The van der Waals surface area contributed by atoms with E-state index in [0.29, 0.717) is 17.8 Å². The molecule has 0 aliphatic rings. The lowest BCUT2D eigenvalue weighted by Gasteiger charge is -2.22. The van der Waals surface area contributed by atoms with Crippen molar-refractivity contribution in [1.82, 2.24) is 5.32 Å². The number of nitro benzene ring substituents is 1. The summed E-state index contributed by atoms with van der Waals surface area (Å²) in [5, 5.41) is 23.2. The van der Waals surface area contributed by atoms with E-state index in [1.165, 1.54) is 13.1 Å². The molecule has 0 aliphatic heterocycles. The monoisotopic (exact) mass is 281 g/mol. The Morgan fingerprint density at radius 2 is 2.20 bits per heavy atom. The van der Waals surface area contributed by atoms with E-state index < -0.39 is 11.0 Å². The van der Waals surface area contributed by atoms with Crippen molar-refractivity contribution in [2.45, 2.75) is 20.0 Å². The van der Waals surface area contributed by atoms with Gasteiger partial charge in [0.05, 0.1) is 17.6 Å². The summed E-state index contributed by atoms with van der Waals surface area (Å²) in [7, 11) is 1.52. The highest BCUT2D eigenvalue weighted by Crippen LogP contribution is 2.31. The topological polar surface area (TPSA) is 95.7 Å². The van der Waals surface area contributed by atoms with Crippen molar-refractivity contribution in [2.75, 3.05) is 25.0 Å². The highest BCUT2D eigenvalue weighted by Gasteiger charge is 2.21. The van der Waals surface area contributed by atoms with Gasteiger partial charge < -0.3 is 15.3 Å². The second kappa shape index (κ2) is 6.85. The Morgan fingerprint density at radius 3 is 2.65 bits per heavy atom. The van der Waals surface area contributed by atoms with Crippen LogP contribution in [0.5, 0.6) is 0 Å². The van der Waals surface area contributed by atoms with E-state index in [1.807, 2.05) is 6.92 Å². The fourth-order valence-corrected chi connectivity index (χ4v) is 1.83. The van der Waals surface area contributed by atoms with E-state index in [0.717, 1.165) is 0 Å². The van der Waals surface area contributed by atoms with Crippen LogP contribution in [0.25, 0.3) is 0 Å². The number of aliphatic hydroxyl groups is 1. The summed E-state index contributed by atoms with van der Waals surface area (Å²) in [4.78, 5) is 23.7. The Kier molecular flexibility index (Phi) is 5.45. The van der Waals surface area contributed by atoms with Gasteiger partial charge in [0, 0.05) is 19.7 Å². The molecule has 7 heteroatoms. The average Bonchev–Trinajstić information content (AvgIpc) is 2.43. The maximum absolute atomic E-state index is 11.4. The number of nitro groups is 1. The van der Waals surface area contributed by atoms with Crippen LogP contribution < -0.4 is 10.2 Å². The molecule has 1 aromatic carbocycles. The minimum absolute atomic E-state index is 0.0435. The summed E-state index contributed by atoms with van der Waals surface area (Å²) in [5.74, 6) is -0.222. The van der Waals surface area contributed by atoms with Crippen molar-refractivity contribution in [1.29, 1.82) is 0 Å². The maximum atomic E-state index is 11.4. The van der Waals surface area contributed by atoms with Crippen molar-refractivity contribution >= 4 is 17.3 Å². The SMILES string of the molecule is CCN(CC(=O)NC)c1ccc(C(C)O)cc1[N+](=O)[O-]. The third-order valence-electron chi connectivity index (χ3n) is 3.01. The number of benzene rings is 1. The zero-order valence-electron chi connectivity index (χ0n) is 11.8. The van der Waals surface area contributed by atoms with Gasteiger partial charge in [-0.1, -0.05) is 6.07 Å². The molecule has 1 aromatic rings. The first-order valence-corrected chi connectivity index (χ1v) is 6.32. The van der Waals surface area contributed by atoms with Crippen LogP contribution in [0.4, 0.5) is 11.4 Å². The Balaban J connectivity index is 3.20. The average molecular weight is 281 g/mol. The zero-order valence-corrected chi connectivity index (χ0v) is 11.8. The van der Waals surface area contributed by atoms with Crippen LogP contribution in [0.15, 0.2) is 18.2 Å². The standard InChI is InChI=1S/C13H19N3O4/c1-4-15(8-13(18)14-3)11-6-5-10(9(2)17)7-12(11)16(19)20/h5-7,9,17H,4,8H2,1-3H3,(H,14,18). The third-order valence-corrected chi connectivity index (χ3v) is 3.01. The summed E-state index contributed by atoms with van der Waals surface area (Å²) in [6.45, 7) is 3.86. The molecule has 20 heavy (non-hydrogen) atoms. The van der Waals surface area contributed by atoms with Crippen LogP contribution in [0.2, 0.25) is 0 Å². The fourth-order valence-electron chi connectivity index (χ4n) is 1.83. The van der Waals surface area contributed by atoms with Crippen molar-refractivity contribution in [3.05, 3.63) is 33.9 Å². The van der Waals surface area contributed by atoms with E-state index in [4.69, 9.17) is 0 Å². The number of likely N-dealkylation sites (N-methyl/N-ethyl adjacent to an activating group) is 2. The van der Waals surface area contributed by atoms with Crippen LogP contribution in [0, 0.1) is 10.1 Å². The first-order valence-electron chi connectivity index (χ1n) is 6.32. The summed E-state index contributed by atoms with van der Waals surface area (Å²) in [6, 6.07) is 4.53. The summed E-state index contributed by atoms with van der Waals surface area (Å²) in [6.07, 6.45) is -0.781. The lowest BCUT2D eigenvalue weighted by atomic mass is 10.1. The Labute approximate surface area is 117 Å². The normalized spacial score (nSPS) is 11.8. The second-order valence-corrected chi connectivity index (χ2v) is 4.37. The molecular formula is C13H19N3O4.